The Balaban J connectivity index is 1.91. The number of nitrogens with zero attached hydrogens (tertiary/aromatic N) is 1. The molecule has 0 bridgehead atoms. The zero-order valence-corrected chi connectivity index (χ0v) is 17.2. The van der Waals surface area contributed by atoms with Crippen molar-refractivity contribution in [1.29, 1.82) is 0 Å². The van der Waals surface area contributed by atoms with Crippen LogP contribution in [-0.4, -0.2) is 45.9 Å². The molecule has 0 aliphatic rings. The summed E-state index contributed by atoms with van der Waals surface area (Å²) < 4.78 is 31.0. The lowest BCUT2D eigenvalue weighted by Crippen LogP contribution is -2.28. The fourth-order valence-electron chi connectivity index (χ4n) is 2.80. The summed E-state index contributed by atoms with van der Waals surface area (Å²) in [7, 11) is -0.569. The van der Waals surface area contributed by atoms with Crippen LogP contribution in [0.1, 0.15) is 27.0 Å². The van der Waals surface area contributed by atoms with Crippen LogP contribution < -0.4 is 10.1 Å². The third-order valence-corrected chi connectivity index (χ3v) is 5.96. The van der Waals surface area contributed by atoms with Crippen LogP contribution in [0.3, 0.4) is 0 Å². The highest BCUT2D eigenvalue weighted by Crippen LogP contribution is 2.24. The monoisotopic (exact) mass is 390 g/mol. The third kappa shape index (κ3) is 5.08. The van der Waals surface area contributed by atoms with E-state index in [2.05, 4.69) is 17.4 Å². The molecule has 0 heterocycles. The number of nitrogens with one attached hydrogen (secondary N) is 1. The van der Waals surface area contributed by atoms with Crippen LogP contribution in [-0.2, 0) is 10.0 Å². The first-order chi connectivity index (χ1) is 12.6. The van der Waals surface area contributed by atoms with E-state index in [-0.39, 0.29) is 10.8 Å². The first-order valence-corrected chi connectivity index (χ1v) is 10.1. The van der Waals surface area contributed by atoms with E-state index in [1.165, 1.54) is 43.9 Å². The molecule has 0 aliphatic carbocycles. The molecule has 0 atom stereocenters. The van der Waals surface area contributed by atoms with Crippen molar-refractivity contribution < 1.29 is 17.9 Å². The fraction of sp³-hybridized carbons (Fsp3) is 0.350. The third-order valence-electron chi connectivity index (χ3n) is 4.13. The van der Waals surface area contributed by atoms with Gasteiger partial charge in [0.15, 0.2) is 0 Å². The summed E-state index contributed by atoms with van der Waals surface area (Å²) in [5.41, 5.74) is 3.72. The second-order valence-corrected chi connectivity index (χ2v) is 8.80. The SMILES string of the molecule is Cc1cc(C)c(OCCNC(=O)c2ccc(S(=O)(=O)N(C)C)cc2)c(C)c1. The van der Waals surface area contributed by atoms with E-state index < -0.39 is 10.0 Å². The lowest BCUT2D eigenvalue weighted by molar-refractivity contribution is 0.0947. The summed E-state index contributed by atoms with van der Waals surface area (Å²) in [5.74, 6) is 0.567. The number of amides is 1. The molecule has 0 saturated heterocycles. The molecule has 2 aromatic carbocycles. The number of hydrogen-bond donors (Lipinski definition) is 1. The van der Waals surface area contributed by atoms with Gasteiger partial charge >= 0.3 is 0 Å². The van der Waals surface area contributed by atoms with Gasteiger partial charge in [0, 0.05) is 19.7 Å². The fourth-order valence-corrected chi connectivity index (χ4v) is 3.70. The molecule has 0 spiro atoms. The van der Waals surface area contributed by atoms with Gasteiger partial charge in [0.1, 0.15) is 12.4 Å². The van der Waals surface area contributed by atoms with E-state index in [9.17, 15) is 13.2 Å². The van der Waals surface area contributed by atoms with Crippen LogP contribution in [0, 0.1) is 20.8 Å². The molecule has 7 heteroatoms. The predicted octanol–water partition coefficient (Wildman–Crippen LogP) is 2.67. The van der Waals surface area contributed by atoms with Gasteiger partial charge in [-0.1, -0.05) is 17.7 Å². The highest BCUT2D eigenvalue weighted by molar-refractivity contribution is 7.89. The Morgan fingerprint density at radius 2 is 1.59 bits per heavy atom. The number of aryl methyl sites for hydroxylation is 3. The minimum absolute atomic E-state index is 0.151. The number of sulfonamides is 1. The van der Waals surface area contributed by atoms with Crippen LogP contribution >= 0.6 is 0 Å². The van der Waals surface area contributed by atoms with Gasteiger partial charge in [0.25, 0.3) is 5.91 Å². The largest absolute Gasteiger partial charge is 0.491 e. The summed E-state index contributed by atoms with van der Waals surface area (Å²) in [6.45, 7) is 6.74. The van der Waals surface area contributed by atoms with Gasteiger partial charge in [0.2, 0.25) is 10.0 Å². The molecule has 1 amide bonds. The Morgan fingerprint density at radius 3 is 2.11 bits per heavy atom. The molecule has 2 aromatic rings. The van der Waals surface area contributed by atoms with E-state index in [0.717, 1.165) is 21.2 Å². The molecule has 6 nitrogen and oxygen atoms in total. The molecule has 0 aliphatic heterocycles. The number of carbonyl (C=O) groups excluding carboxylic acids is 1. The van der Waals surface area contributed by atoms with Gasteiger partial charge in [-0.25, -0.2) is 12.7 Å². The molecular weight excluding hydrogens is 364 g/mol. The summed E-state index contributed by atoms with van der Waals surface area (Å²) in [6, 6.07) is 9.98. The molecular formula is C20H26N2O4S. The second kappa shape index (κ2) is 8.54. The van der Waals surface area contributed by atoms with Gasteiger partial charge < -0.3 is 10.1 Å². The summed E-state index contributed by atoms with van der Waals surface area (Å²) in [5, 5.41) is 2.78. The van der Waals surface area contributed by atoms with E-state index in [1.54, 1.807) is 0 Å². The van der Waals surface area contributed by atoms with Gasteiger partial charge in [-0.3, -0.25) is 4.79 Å². The smallest absolute Gasteiger partial charge is 0.251 e. The normalized spacial score (nSPS) is 11.5. The Hall–Kier alpha value is -2.38. The highest BCUT2D eigenvalue weighted by Gasteiger charge is 2.17. The zero-order valence-electron chi connectivity index (χ0n) is 16.4. The summed E-state index contributed by atoms with van der Waals surface area (Å²) in [4.78, 5) is 12.4. The molecule has 0 unspecified atom stereocenters. The maximum atomic E-state index is 12.2. The minimum Gasteiger partial charge on any atom is -0.491 e. The predicted molar refractivity (Wildman–Crippen MR) is 106 cm³/mol. The van der Waals surface area contributed by atoms with E-state index in [1.807, 2.05) is 20.8 Å². The molecule has 0 saturated carbocycles. The van der Waals surface area contributed by atoms with Crippen molar-refractivity contribution in [2.75, 3.05) is 27.2 Å². The summed E-state index contributed by atoms with van der Waals surface area (Å²) >= 11 is 0. The van der Waals surface area contributed by atoms with E-state index in [0.29, 0.717) is 18.7 Å². The average Bonchev–Trinajstić information content (AvgIpc) is 2.60. The van der Waals surface area contributed by atoms with Gasteiger partial charge in [-0.15, -0.1) is 0 Å². The number of benzene rings is 2. The van der Waals surface area contributed by atoms with Crippen molar-refractivity contribution in [2.24, 2.45) is 0 Å². The number of hydrogen-bond acceptors (Lipinski definition) is 4. The maximum absolute atomic E-state index is 12.2. The molecule has 0 radical (unpaired) electrons. The second-order valence-electron chi connectivity index (χ2n) is 6.64. The molecule has 1 N–H and O–H groups in total. The maximum Gasteiger partial charge on any atom is 0.251 e. The molecule has 146 valence electrons. The number of rotatable bonds is 7. The van der Waals surface area contributed by atoms with Crippen molar-refractivity contribution >= 4 is 15.9 Å². The van der Waals surface area contributed by atoms with Crippen molar-refractivity contribution in [1.82, 2.24) is 9.62 Å². The standard InChI is InChI=1S/C20H26N2O4S/c1-14-12-15(2)19(16(3)13-14)26-11-10-21-20(23)17-6-8-18(9-7-17)27(24,25)22(4)5/h6-9,12-13H,10-11H2,1-5H3,(H,21,23). The van der Waals surface area contributed by atoms with Crippen molar-refractivity contribution in [3.63, 3.8) is 0 Å². The Bertz CT molecular complexity index is 896. The molecule has 27 heavy (non-hydrogen) atoms. The number of carbonyl (C=O) groups is 1. The highest BCUT2D eigenvalue weighted by atomic mass is 32.2. The molecule has 0 aromatic heterocycles. The van der Waals surface area contributed by atoms with Gasteiger partial charge in [0.05, 0.1) is 11.4 Å². The van der Waals surface area contributed by atoms with Crippen LogP contribution in [0.5, 0.6) is 5.75 Å². The molecule has 0 fully saturated rings. The van der Waals surface area contributed by atoms with Gasteiger partial charge in [-0.05, 0) is 56.2 Å². The van der Waals surface area contributed by atoms with Crippen LogP contribution in [0.2, 0.25) is 0 Å². The first kappa shape index (κ1) is 20.9. The Labute approximate surface area is 161 Å². The summed E-state index contributed by atoms with van der Waals surface area (Å²) in [6.07, 6.45) is 0. The first-order valence-electron chi connectivity index (χ1n) is 8.64. The average molecular weight is 391 g/mol. The van der Waals surface area contributed by atoms with Crippen LogP contribution in [0.25, 0.3) is 0 Å². The van der Waals surface area contributed by atoms with Crippen LogP contribution in [0.15, 0.2) is 41.3 Å². The van der Waals surface area contributed by atoms with Crippen molar-refractivity contribution in [3.8, 4) is 5.75 Å². The van der Waals surface area contributed by atoms with Crippen molar-refractivity contribution in [2.45, 2.75) is 25.7 Å². The van der Waals surface area contributed by atoms with E-state index >= 15 is 0 Å². The lowest BCUT2D eigenvalue weighted by atomic mass is 10.1. The lowest BCUT2D eigenvalue weighted by Gasteiger charge is -2.14. The minimum atomic E-state index is -3.50. The van der Waals surface area contributed by atoms with Crippen LogP contribution in [0.4, 0.5) is 0 Å². The van der Waals surface area contributed by atoms with E-state index in [4.69, 9.17) is 4.74 Å². The van der Waals surface area contributed by atoms with Crippen molar-refractivity contribution in [3.05, 3.63) is 58.7 Å². The topological polar surface area (TPSA) is 75.7 Å². The molecule has 2 rings (SSSR count). The number of ether oxygens (including phenoxy) is 1. The zero-order chi connectivity index (χ0) is 20.2. The Kier molecular flexibility index (Phi) is 6.62. The van der Waals surface area contributed by atoms with Gasteiger partial charge in [-0.2, -0.15) is 0 Å². The Morgan fingerprint density at radius 1 is 1.04 bits per heavy atom. The quantitative estimate of drug-likeness (QED) is 0.738.